The zero-order valence-electron chi connectivity index (χ0n) is 10.3. The predicted octanol–water partition coefficient (Wildman–Crippen LogP) is 3.90. The summed E-state index contributed by atoms with van der Waals surface area (Å²) >= 11 is 2.30. The lowest BCUT2D eigenvalue weighted by Crippen LogP contribution is -2.16. The van der Waals surface area contributed by atoms with Gasteiger partial charge in [0.1, 0.15) is 5.76 Å². The molecule has 0 bridgehead atoms. The van der Waals surface area contributed by atoms with E-state index in [1.165, 1.54) is 0 Å². The van der Waals surface area contributed by atoms with E-state index in [0.717, 1.165) is 33.5 Å². The molecule has 3 nitrogen and oxygen atoms in total. The second-order valence-electron chi connectivity index (χ2n) is 4.40. The summed E-state index contributed by atoms with van der Waals surface area (Å²) in [5.74, 6) is 1.04. The second kappa shape index (κ2) is 6.13. The smallest absolute Gasteiger partial charge is 0.103 e. The molecule has 96 valence electrons. The molecule has 4 heteroatoms. The van der Waals surface area contributed by atoms with E-state index in [4.69, 9.17) is 10.2 Å². The first-order valence-corrected chi connectivity index (χ1v) is 7.07. The average molecular weight is 356 g/mol. The number of rotatable bonds is 5. The van der Waals surface area contributed by atoms with Crippen LogP contribution in [0.25, 0.3) is 0 Å². The molecule has 0 saturated heterocycles. The third-order valence-electron chi connectivity index (χ3n) is 2.80. The summed E-state index contributed by atoms with van der Waals surface area (Å²) in [7, 11) is 0. The van der Waals surface area contributed by atoms with Crippen molar-refractivity contribution in [3.05, 3.63) is 45.9 Å². The second-order valence-corrected chi connectivity index (χ2v) is 5.56. The van der Waals surface area contributed by atoms with E-state index in [9.17, 15) is 0 Å². The normalized spacial score (nSPS) is 12.3. The van der Waals surface area contributed by atoms with Gasteiger partial charge < -0.3 is 15.5 Å². The Kier molecular flexibility index (Phi) is 4.52. The summed E-state index contributed by atoms with van der Waals surface area (Å²) in [6, 6.07) is 10.3. The molecule has 2 aromatic rings. The van der Waals surface area contributed by atoms with Crippen LogP contribution in [0.4, 0.5) is 11.4 Å². The van der Waals surface area contributed by atoms with Gasteiger partial charge in [-0.05, 0) is 66.3 Å². The SMILES string of the molecule is CC(CCc1ccco1)Nc1ccc(N)cc1I. The highest BCUT2D eigenvalue weighted by molar-refractivity contribution is 14.1. The van der Waals surface area contributed by atoms with E-state index in [0.29, 0.717) is 6.04 Å². The molecule has 0 saturated carbocycles. The van der Waals surface area contributed by atoms with Crippen LogP contribution >= 0.6 is 22.6 Å². The molecule has 0 amide bonds. The lowest BCUT2D eigenvalue weighted by Gasteiger charge is -2.16. The Morgan fingerprint density at radius 1 is 1.39 bits per heavy atom. The van der Waals surface area contributed by atoms with Gasteiger partial charge >= 0.3 is 0 Å². The number of hydrogen-bond donors (Lipinski definition) is 2. The van der Waals surface area contributed by atoms with Gasteiger partial charge in [0.15, 0.2) is 0 Å². The maximum absolute atomic E-state index is 5.74. The van der Waals surface area contributed by atoms with Crippen LogP contribution in [0.3, 0.4) is 0 Å². The fourth-order valence-electron chi connectivity index (χ4n) is 1.80. The van der Waals surface area contributed by atoms with E-state index in [1.807, 2.05) is 30.3 Å². The lowest BCUT2D eigenvalue weighted by molar-refractivity contribution is 0.495. The van der Waals surface area contributed by atoms with Crippen LogP contribution in [0.15, 0.2) is 41.0 Å². The van der Waals surface area contributed by atoms with Gasteiger partial charge in [0, 0.05) is 27.4 Å². The minimum absolute atomic E-state index is 0.396. The van der Waals surface area contributed by atoms with Gasteiger partial charge in [0.05, 0.1) is 6.26 Å². The molecule has 1 unspecified atom stereocenters. The number of hydrogen-bond acceptors (Lipinski definition) is 3. The largest absolute Gasteiger partial charge is 0.469 e. The fraction of sp³-hybridized carbons (Fsp3) is 0.286. The number of anilines is 2. The fourth-order valence-corrected chi connectivity index (χ4v) is 2.49. The van der Waals surface area contributed by atoms with Crippen molar-refractivity contribution in [2.45, 2.75) is 25.8 Å². The molecule has 0 aliphatic heterocycles. The summed E-state index contributed by atoms with van der Waals surface area (Å²) in [6.07, 6.45) is 3.71. The van der Waals surface area contributed by atoms with Crippen LogP contribution in [0.5, 0.6) is 0 Å². The van der Waals surface area contributed by atoms with Gasteiger partial charge in [-0.1, -0.05) is 0 Å². The van der Waals surface area contributed by atoms with Gasteiger partial charge in [-0.3, -0.25) is 0 Å². The molecule has 0 fully saturated rings. The quantitative estimate of drug-likeness (QED) is 0.631. The summed E-state index contributed by atoms with van der Waals surface area (Å²) in [5, 5.41) is 3.50. The minimum atomic E-state index is 0.396. The van der Waals surface area contributed by atoms with E-state index in [1.54, 1.807) is 6.26 Å². The van der Waals surface area contributed by atoms with Gasteiger partial charge in [0.25, 0.3) is 0 Å². The predicted molar refractivity (Wildman–Crippen MR) is 83.7 cm³/mol. The molecule has 0 radical (unpaired) electrons. The van der Waals surface area contributed by atoms with Crippen LogP contribution in [-0.2, 0) is 6.42 Å². The van der Waals surface area contributed by atoms with E-state index >= 15 is 0 Å². The highest BCUT2D eigenvalue weighted by Gasteiger charge is 2.06. The number of nitrogens with one attached hydrogen (secondary N) is 1. The van der Waals surface area contributed by atoms with Gasteiger partial charge in [-0.25, -0.2) is 0 Å². The molecule has 1 aromatic heterocycles. The number of benzene rings is 1. The molecule has 3 N–H and O–H groups in total. The third kappa shape index (κ3) is 3.66. The van der Waals surface area contributed by atoms with Gasteiger partial charge in [-0.2, -0.15) is 0 Å². The van der Waals surface area contributed by atoms with Crippen LogP contribution in [-0.4, -0.2) is 6.04 Å². The van der Waals surface area contributed by atoms with Crippen molar-refractivity contribution in [1.29, 1.82) is 0 Å². The Morgan fingerprint density at radius 2 is 2.22 bits per heavy atom. The number of halogens is 1. The Hall–Kier alpha value is -1.17. The highest BCUT2D eigenvalue weighted by Crippen LogP contribution is 2.22. The van der Waals surface area contributed by atoms with Crippen LogP contribution in [0.1, 0.15) is 19.1 Å². The Morgan fingerprint density at radius 3 is 2.89 bits per heavy atom. The molecular weight excluding hydrogens is 339 g/mol. The molecule has 2 rings (SSSR count). The van der Waals surface area contributed by atoms with Gasteiger partial charge in [-0.15, -0.1) is 0 Å². The van der Waals surface area contributed by atoms with Crippen LogP contribution in [0, 0.1) is 3.57 Å². The van der Waals surface area contributed by atoms with Crippen molar-refractivity contribution >= 4 is 34.0 Å². The maximum atomic E-state index is 5.74. The zero-order valence-corrected chi connectivity index (χ0v) is 12.5. The highest BCUT2D eigenvalue weighted by atomic mass is 127. The van der Waals surface area contributed by atoms with Crippen molar-refractivity contribution in [2.75, 3.05) is 11.1 Å². The van der Waals surface area contributed by atoms with Crippen molar-refractivity contribution in [3.8, 4) is 0 Å². The van der Waals surface area contributed by atoms with Crippen molar-refractivity contribution in [2.24, 2.45) is 0 Å². The zero-order chi connectivity index (χ0) is 13.0. The first-order chi connectivity index (χ1) is 8.65. The number of nitrogens with two attached hydrogens (primary N) is 1. The molecule has 1 atom stereocenters. The molecule has 0 aliphatic rings. The monoisotopic (exact) mass is 356 g/mol. The molecule has 1 heterocycles. The Bertz CT molecular complexity index is 497. The summed E-state index contributed by atoms with van der Waals surface area (Å²) < 4.78 is 6.48. The molecular formula is C14H17IN2O. The molecule has 0 spiro atoms. The number of aryl methyl sites for hydroxylation is 1. The summed E-state index contributed by atoms with van der Waals surface area (Å²) in [5.41, 5.74) is 7.67. The van der Waals surface area contributed by atoms with Crippen molar-refractivity contribution < 1.29 is 4.42 Å². The molecule has 0 aliphatic carbocycles. The summed E-state index contributed by atoms with van der Waals surface area (Å²) in [6.45, 7) is 2.18. The third-order valence-corrected chi connectivity index (χ3v) is 3.69. The number of nitrogen functional groups attached to an aromatic ring is 1. The topological polar surface area (TPSA) is 51.2 Å². The lowest BCUT2D eigenvalue weighted by atomic mass is 10.1. The van der Waals surface area contributed by atoms with E-state index in [-0.39, 0.29) is 0 Å². The van der Waals surface area contributed by atoms with Crippen LogP contribution in [0.2, 0.25) is 0 Å². The molecule has 18 heavy (non-hydrogen) atoms. The van der Waals surface area contributed by atoms with Gasteiger partial charge in [0.2, 0.25) is 0 Å². The first-order valence-electron chi connectivity index (χ1n) is 5.99. The average Bonchev–Trinajstić information content (AvgIpc) is 2.83. The van der Waals surface area contributed by atoms with E-state index in [2.05, 4.69) is 34.8 Å². The maximum Gasteiger partial charge on any atom is 0.103 e. The minimum Gasteiger partial charge on any atom is -0.469 e. The summed E-state index contributed by atoms with van der Waals surface area (Å²) in [4.78, 5) is 0. The first kappa shape index (κ1) is 13.3. The van der Waals surface area contributed by atoms with E-state index < -0.39 is 0 Å². The Labute approximate surface area is 121 Å². The Balaban J connectivity index is 1.88. The van der Waals surface area contributed by atoms with Crippen molar-refractivity contribution in [1.82, 2.24) is 0 Å². The molecule has 1 aromatic carbocycles. The van der Waals surface area contributed by atoms with Crippen molar-refractivity contribution in [3.63, 3.8) is 0 Å². The standard InChI is InChI=1S/C14H17IN2O/c1-10(4-6-12-3-2-8-18-12)17-14-7-5-11(16)9-13(14)15/h2-3,5,7-10,17H,4,6,16H2,1H3. The van der Waals surface area contributed by atoms with Crippen LogP contribution < -0.4 is 11.1 Å². The number of furan rings is 1.